The van der Waals surface area contributed by atoms with E-state index >= 15 is 0 Å². The van der Waals surface area contributed by atoms with Crippen molar-refractivity contribution in [2.75, 3.05) is 11.1 Å². The predicted molar refractivity (Wildman–Crippen MR) is 230 cm³/mol. The molecule has 0 aliphatic carbocycles. The van der Waals surface area contributed by atoms with Gasteiger partial charge in [0.25, 0.3) is 0 Å². The summed E-state index contributed by atoms with van der Waals surface area (Å²) in [5.74, 6) is 0. The Bertz CT molecular complexity index is 3130. The molecule has 55 heavy (non-hydrogen) atoms. The normalized spacial score (nSPS) is 11.4. The lowest BCUT2D eigenvalue weighted by Crippen LogP contribution is -1.89. The molecule has 8 aromatic carbocycles. The molecule has 0 aliphatic rings. The average Bonchev–Trinajstić information content (AvgIpc) is 3.98. The van der Waals surface area contributed by atoms with Crippen LogP contribution in [0.25, 0.3) is 87.8 Å². The summed E-state index contributed by atoms with van der Waals surface area (Å²) in [4.78, 5) is 0. The Labute approximate surface area is 322 Å². The minimum atomic E-state index is 0.768. The monoisotopic (exact) mass is 778 g/mol. The van der Waals surface area contributed by atoms with Gasteiger partial charge in [-0.1, -0.05) is 88.7 Å². The Kier molecular flexibility index (Phi) is 8.00. The van der Waals surface area contributed by atoms with Crippen molar-refractivity contribution >= 4 is 121 Å². The van der Waals surface area contributed by atoms with Crippen molar-refractivity contribution in [3.63, 3.8) is 0 Å². The van der Waals surface area contributed by atoms with E-state index in [4.69, 9.17) is 23.4 Å². The maximum Gasteiger partial charge on any atom is 0.135 e. The van der Waals surface area contributed by atoms with Gasteiger partial charge in [-0.25, -0.2) is 0 Å². The number of nitrogens with one attached hydrogen (secondary N) is 1. The summed E-state index contributed by atoms with van der Waals surface area (Å²) in [6.45, 7) is 0. The van der Waals surface area contributed by atoms with Gasteiger partial charge in [0.15, 0.2) is 0 Å². The van der Waals surface area contributed by atoms with Crippen LogP contribution in [-0.4, -0.2) is 0 Å². The molecule has 3 N–H and O–H groups in total. The lowest BCUT2D eigenvalue weighted by molar-refractivity contribution is 0.668. The van der Waals surface area contributed by atoms with E-state index in [0.717, 1.165) is 104 Å². The predicted octanol–water partition coefficient (Wildman–Crippen LogP) is 14.7. The van der Waals surface area contributed by atoms with Gasteiger partial charge < -0.3 is 28.7 Å². The SMILES string of the molecule is Brc1ccc2oc3ccccc3c2c1.Nc1ccc2oc3ccccc3c2c1.c1ccc2c(c1)oc1ccc(Nc3ccc4oc5ccccc5c4c3)cc12. The lowest BCUT2D eigenvalue weighted by Gasteiger charge is -2.06. The topological polar surface area (TPSA) is 90.6 Å². The fourth-order valence-electron chi connectivity index (χ4n) is 7.22. The summed E-state index contributed by atoms with van der Waals surface area (Å²) in [5, 5.41) is 12.5. The Morgan fingerprint density at radius 2 is 0.655 bits per heavy atom. The Morgan fingerprint density at radius 3 is 1.09 bits per heavy atom. The fraction of sp³-hybridized carbons (Fsp3) is 0. The van der Waals surface area contributed by atoms with Crippen molar-refractivity contribution in [3.05, 3.63) is 174 Å². The second-order valence-electron chi connectivity index (χ2n) is 13.3. The first-order chi connectivity index (χ1) is 27.0. The Balaban J connectivity index is 0.000000112. The third kappa shape index (κ3) is 6.10. The zero-order chi connectivity index (χ0) is 36.9. The highest BCUT2D eigenvalue weighted by atomic mass is 79.9. The zero-order valence-electron chi connectivity index (χ0n) is 29.3. The van der Waals surface area contributed by atoms with Crippen LogP contribution < -0.4 is 11.1 Å². The van der Waals surface area contributed by atoms with Gasteiger partial charge in [0, 0.05) is 64.6 Å². The first-order valence-electron chi connectivity index (χ1n) is 17.9. The van der Waals surface area contributed by atoms with E-state index in [2.05, 4.69) is 57.6 Å². The molecule has 4 heterocycles. The smallest absolute Gasteiger partial charge is 0.135 e. The van der Waals surface area contributed by atoms with Crippen LogP contribution in [0.3, 0.4) is 0 Å². The van der Waals surface area contributed by atoms with Crippen LogP contribution in [0.2, 0.25) is 0 Å². The number of para-hydroxylation sites is 4. The summed E-state index contributed by atoms with van der Waals surface area (Å²) in [7, 11) is 0. The van der Waals surface area contributed by atoms with E-state index in [1.54, 1.807) is 0 Å². The minimum absolute atomic E-state index is 0.768. The third-order valence-corrected chi connectivity index (χ3v) is 10.3. The highest BCUT2D eigenvalue weighted by Gasteiger charge is 2.10. The second kappa shape index (κ2) is 13.5. The molecule has 0 saturated carbocycles. The number of rotatable bonds is 2. The van der Waals surface area contributed by atoms with Crippen LogP contribution in [-0.2, 0) is 0 Å². The van der Waals surface area contributed by atoms with Gasteiger partial charge in [-0.3, -0.25) is 0 Å². The molecule has 0 amide bonds. The van der Waals surface area contributed by atoms with Gasteiger partial charge in [0.2, 0.25) is 0 Å². The van der Waals surface area contributed by atoms with Crippen molar-refractivity contribution in [2.24, 2.45) is 0 Å². The molecule has 0 bridgehead atoms. The van der Waals surface area contributed by atoms with Crippen molar-refractivity contribution < 1.29 is 17.7 Å². The van der Waals surface area contributed by atoms with Crippen LogP contribution in [0, 0.1) is 0 Å². The zero-order valence-corrected chi connectivity index (χ0v) is 30.8. The van der Waals surface area contributed by atoms with Crippen molar-refractivity contribution in [1.82, 2.24) is 0 Å². The molecule has 4 aromatic heterocycles. The number of nitrogens with two attached hydrogens (primary N) is 1. The Morgan fingerprint density at radius 1 is 0.327 bits per heavy atom. The fourth-order valence-corrected chi connectivity index (χ4v) is 7.58. The number of anilines is 3. The molecule has 0 unspecified atom stereocenters. The molecular weight excluding hydrogens is 748 g/mol. The van der Waals surface area contributed by atoms with E-state index in [0.29, 0.717) is 0 Å². The molecule has 0 fully saturated rings. The van der Waals surface area contributed by atoms with E-state index in [1.165, 1.54) is 5.39 Å². The average molecular weight is 780 g/mol. The third-order valence-electron chi connectivity index (χ3n) is 9.78. The molecule has 0 radical (unpaired) electrons. The molecule has 7 heteroatoms. The molecule has 0 aliphatic heterocycles. The van der Waals surface area contributed by atoms with Crippen LogP contribution in [0.15, 0.2) is 192 Å². The number of furan rings is 4. The molecule has 0 saturated heterocycles. The van der Waals surface area contributed by atoms with Crippen LogP contribution in [0.4, 0.5) is 17.1 Å². The van der Waals surface area contributed by atoms with Gasteiger partial charge in [-0.2, -0.15) is 0 Å². The van der Waals surface area contributed by atoms with Gasteiger partial charge in [-0.05, 0) is 97.1 Å². The molecule has 0 spiro atoms. The van der Waals surface area contributed by atoms with Crippen LogP contribution in [0.1, 0.15) is 0 Å². The van der Waals surface area contributed by atoms with E-state index < -0.39 is 0 Å². The first kappa shape index (κ1) is 32.7. The minimum Gasteiger partial charge on any atom is -0.456 e. The van der Waals surface area contributed by atoms with Crippen molar-refractivity contribution in [2.45, 2.75) is 0 Å². The second-order valence-corrected chi connectivity index (χ2v) is 14.3. The summed E-state index contributed by atoms with van der Waals surface area (Å²) in [6.07, 6.45) is 0. The number of fused-ring (bicyclic) bond motifs is 12. The molecule has 0 atom stereocenters. The maximum absolute atomic E-state index is 5.91. The molecule has 264 valence electrons. The molecule has 6 nitrogen and oxygen atoms in total. The number of hydrogen-bond donors (Lipinski definition) is 2. The number of halogens is 1. The molecule has 12 rings (SSSR count). The highest BCUT2D eigenvalue weighted by molar-refractivity contribution is 9.10. The largest absolute Gasteiger partial charge is 0.456 e. The van der Waals surface area contributed by atoms with E-state index in [1.807, 2.05) is 133 Å². The molecule has 12 aromatic rings. The van der Waals surface area contributed by atoms with Crippen LogP contribution >= 0.6 is 15.9 Å². The summed E-state index contributed by atoms with van der Waals surface area (Å²) >= 11 is 3.46. The quantitative estimate of drug-likeness (QED) is 0.170. The first-order valence-corrected chi connectivity index (χ1v) is 18.7. The van der Waals surface area contributed by atoms with Gasteiger partial charge in [0.05, 0.1) is 0 Å². The van der Waals surface area contributed by atoms with Gasteiger partial charge in [0.1, 0.15) is 44.7 Å². The van der Waals surface area contributed by atoms with Crippen molar-refractivity contribution in [1.29, 1.82) is 0 Å². The highest BCUT2D eigenvalue weighted by Crippen LogP contribution is 2.35. The summed E-state index contributed by atoms with van der Waals surface area (Å²) in [5.41, 5.74) is 15.9. The lowest BCUT2D eigenvalue weighted by atomic mass is 10.1. The molecular formula is C48H31BrN2O4. The van der Waals surface area contributed by atoms with Crippen LogP contribution in [0.5, 0.6) is 0 Å². The number of hydrogen-bond acceptors (Lipinski definition) is 6. The van der Waals surface area contributed by atoms with E-state index in [-0.39, 0.29) is 0 Å². The van der Waals surface area contributed by atoms with Crippen molar-refractivity contribution in [3.8, 4) is 0 Å². The van der Waals surface area contributed by atoms with Gasteiger partial charge in [-0.15, -0.1) is 0 Å². The number of nitrogen functional groups attached to an aromatic ring is 1. The standard InChI is InChI=1S/C24H15NO2.C12H7BrO.C12H9NO/c1-3-7-21-17(5-1)19-13-15(9-11-23(19)26-21)25-16-10-12-24-20(14-16)18-6-2-4-8-22(18)27-24;2*13-8-5-6-12-10(7-8)9-3-1-2-4-11(9)14-12/h1-14,25H;1-7H;1-7H,13H2. The Hall–Kier alpha value is -6.96. The summed E-state index contributed by atoms with van der Waals surface area (Å²) in [6, 6.07) is 56.5. The summed E-state index contributed by atoms with van der Waals surface area (Å²) < 4.78 is 24.2. The van der Waals surface area contributed by atoms with E-state index in [9.17, 15) is 0 Å². The maximum atomic E-state index is 5.91. The number of benzene rings is 8. The van der Waals surface area contributed by atoms with Gasteiger partial charge >= 0.3 is 0 Å².